The fourth-order valence-corrected chi connectivity index (χ4v) is 5.81. The van der Waals surface area contributed by atoms with Crippen LogP contribution >= 0.6 is 0 Å². The highest BCUT2D eigenvalue weighted by molar-refractivity contribution is 5.80. The lowest BCUT2D eigenvalue weighted by molar-refractivity contribution is -0.679. The molecule has 1 aliphatic rings. The van der Waals surface area contributed by atoms with Gasteiger partial charge in [-0.05, 0) is 61.2 Å². The molecule has 0 bridgehead atoms. The molecule has 0 aliphatic carbocycles. The number of anilines is 1. The third-order valence-corrected chi connectivity index (χ3v) is 8.32. The number of imidazole rings is 1. The van der Waals surface area contributed by atoms with Crippen LogP contribution in [0.15, 0.2) is 79.3 Å². The molecule has 208 valence electrons. The Balaban J connectivity index is 1.21. The molecule has 4 aromatic heterocycles. The second-order valence-corrected chi connectivity index (χ2v) is 11.1. The van der Waals surface area contributed by atoms with Crippen LogP contribution in [0.1, 0.15) is 37.4 Å². The molecule has 5 heterocycles. The predicted octanol–water partition coefficient (Wildman–Crippen LogP) is 5.38. The van der Waals surface area contributed by atoms with Crippen LogP contribution in [0.4, 0.5) is 5.82 Å². The molecule has 0 amide bonds. The molecule has 1 fully saturated rings. The Bertz CT molecular complexity index is 1680. The average molecular weight is 548 g/mol. The smallest absolute Gasteiger partial charge is 0.312 e. The molecule has 0 spiro atoms. The molecule has 1 atom stereocenters. The number of aromatic amines is 1. The molecule has 41 heavy (non-hydrogen) atoms. The van der Waals surface area contributed by atoms with Gasteiger partial charge in [0.2, 0.25) is 0 Å². The van der Waals surface area contributed by atoms with Crippen molar-refractivity contribution in [1.29, 1.82) is 0 Å². The van der Waals surface area contributed by atoms with E-state index in [1.165, 1.54) is 5.56 Å². The van der Waals surface area contributed by atoms with Gasteiger partial charge in [-0.1, -0.05) is 25.5 Å². The van der Waals surface area contributed by atoms with Crippen molar-refractivity contribution in [3.05, 3.63) is 90.5 Å². The lowest BCUT2D eigenvalue weighted by atomic mass is 9.78. The van der Waals surface area contributed by atoms with E-state index >= 15 is 0 Å². The Kier molecular flexibility index (Phi) is 7.22. The highest BCUT2D eigenvalue weighted by Gasteiger charge is 2.43. The molecule has 2 N–H and O–H groups in total. The summed E-state index contributed by atoms with van der Waals surface area (Å²) in [5.74, 6) is 0.849. The molecular weight excluding hydrogens is 512 g/mol. The highest BCUT2D eigenvalue weighted by atomic mass is 16.4. The van der Waals surface area contributed by atoms with Crippen molar-refractivity contribution in [2.45, 2.75) is 39.0 Å². The van der Waals surface area contributed by atoms with Crippen LogP contribution in [0.5, 0.6) is 0 Å². The SMILES string of the molecule is CCc1ccc2nc(-c3ccc(-c4ccc(N5CCCCC(Cc6cccc[n+]6C)(C(=O)O)C5)nc4)nc3)[nH]c2c1. The number of nitrogens with zero attached hydrogens (tertiary/aromatic N) is 5. The van der Waals surface area contributed by atoms with Gasteiger partial charge in [0, 0.05) is 48.7 Å². The van der Waals surface area contributed by atoms with Gasteiger partial charge in [0.15, 0.2) is 11.9 Å². The third kappa shape index (κ3) is 5.42. The van der Waals surface area contributed by atoms with Crippen LogP contribution in [0.3, 0.4) is 0 Å². The maximum Gasteiger partial charge on any atom is 0.312 e. The van der Waals surface area contributed by atoms with Gasteiger partial charge >= 0.3 is 5.97 Å². The number of hydrogen-bond acceptors (Lipinski definition) is 5. The maximum atomic E-state index is 12.7. The number of fused-ring (bicyclic) bond motifs is 1. The normalized spacial score (nSPS) is 17.5. The summed E-state index contributed by atoms with van der Waals surface area (Å²) in [5, 5.41) is 10.4. The minimum absolute atomic E-state index is 0.424. The van der Waals surface area contributed by atoms with Gasteiger partial charge in [0.25, 0.3) is 0 Å². The number of H-pyrrole nitrogens is 1. The Morgan fingerprint density at radius 3 is 2.63 bits per heavy atom. The first-order chi connectivity index (χ1) is 19.9. The van der Waals surface area contributed by atoms with E-state index in [0.29, 0.717) is 19.4 Å². The van der Waals surface area contributed by atoms with E-state index in [1.807, 2.05) is 72.7 Å². The number of aliphatic carboxylic acids is 1. The Morgan fingerprint density at radius 1 is 1.05 bits per heavy atom. The van der Waals surface area contributed by atoms with Crippen molar-refractivity contribution in [2.75, 3.05) is 18.0 Å². The molecule has 5 aromatic rings. The Labute approximate surface area is 239 Å². The second kappa shape index (κ2) is 11.1. The number of aromatic nitrogens is 5. The van der Waals surface area contributed by atoms with E-state index in [0.717, 1.165) is 71.0 Å². The summed E-state index contributed by atoms with van der Waals surface area (Å²) in [6.45, 7) is 3.35. The first-order valence-electron chi connectivity index (χ1n) is 14.3. The van der Waals surface area contributed by atoms with Crippen molar-refractivity contribution in [2.24, 2.45) is 12.5 Å². The zero-order valence-corrected chi connectivity index (χ0v) is 23.5. The number of carboxylic acid groups (broad SMARTS) is 1. The van der Waals surface area contributed by atoms with Crippen LogP contribution in [-0.4, -0.2) is 44.1 Å². The molecule has 0 saturated carbocycles. The molecular formula is C33H35N6O2+. The summed E-state index contributed by atoms with van der Waals surface area (Å²) in [6.07, 6.45) is 9.55. The standard InChI is InChI=1S/C33H34N6O2/c1-3-23-9-12-28-29(18-23)37-31(36-28)25-10-13-27(34-21-25)24-11-14-30(35-20-24)39-17-7-5-15-33(22-39,32(40)41)19-26-8-4-6-16-38(26)2/h4,6,8-14,16,18,20-21H,3,5,7,15,17,19,22H2,1-2H3,(H-,36,37,40,41)/p+1. The summed E-state index contributed by atoms with van der Waals surface area (Å²) < 4.78 is 2.02. The van der Waals surface area contributed by atoms with Gasteiger partial charge in [-0.15, -0.1) is 0 Å². The van der Waals surface area contributed by atoms with Gasteiger partial charge in [-0.25, -0.2) is 14.5 Å². The van der Waals surface area contributed by atoms with E-state index in [-0.39, 0.29) is 0 Å². The largest absolute Gasteiger partial charge is 0.481 e. The molecule has 1 aromatic carbocycles. The fourth-order valence-electron chi connectivity index (χ4n) is 5.81. The second-order valence-electron chi connectivity index (χ2n) is 11.1. The van der Waals surface area contributed by atoms with E-state index in [4.69, 9.17) is 15.0 Å². The van der Waals surface area contributed by atoms with Gasteiger partial charge in [0.1, 0.15) is 18.7 Å². The summed E-state index contributed by atoms with van der Waals surface area (Å²) in [7, 11) is 1.97. The quantitative estimate of drug-likeness (QED) is 0.266. The third-order valence-electron chi connectivity index (χ3n) is 8.32. The van der Waals surface area contributed by atoms with E-state index < -0.39 is 11.4 Å². The van der Waals surface area contributed by atoms with Crippen molar-refractivity contribution in [3.8, 4) is 22.6 Å². The topological polar surface area (TPSA) is 98.9 Å². The number of aryl methyl sites for hydroxylation is 2. The zero-order chi connectivity index (χ0) is 28.4. The van der Waals surface area contributed by atoms with Gasteiger partial charge in [-0.2, -0.15) is 0 Å². The number of carbonyl (C=O) groups is 1. The Hall–Kier alpha value is -4.59. The number of hydrogen-bond donors (Lipinski definition) is 2. The molecule has 8 nitrogen and oxygen atoms in total. The summed E-state index contributed by atoms with van der Waals surface area (Å²) in [5.41, 5.74) is 6.05. The summed E-state index contributed by atoms with van der Waals surface area (Å²) >= 11 is 0. The van der Waals surface area contributed by atoms with Crippen molar-refractivity contribution in [3.63, 3.8) is 0 Å². The van der Waals surface area contributed by atoms with E-state index in [9.17, 15) is 9.90 Å². The number of carboxylic acids is 1. The van der Waals surface area contributed by atoms with Crippen LogP contribution in [0, 0.1) is 5.41 Å². The number of rotatable bonds is 7. The molecule has 1 saturated heterocycles. The number of nitrogens with one attached hydrogen (secondary N) is 1. The summed E-state index contributed by atoms with van der Waals surface area (Å²) in [6, 6.07) is 20.3. The minimum Gasteiger partial charge on any atom is -0.481 e. The van der Waals surface area contributed by atoms with E-state index in [1.54, 1.807) is 0 Å². The van der Waals surface area contributed by atoms with Gasteiger partial charge in [-0.3, -0.25) is 9.78 Å². The number of pyridine rings is 3. The average Bonchev–Trinajstić information content (AvgIpc) is 3.31. The fraction of sp³-hybridized carbons (Fsp3) is 0.303. The monoisotopic (exact) mass is 547 g/mol. The summed E-state index contributed by atoms with van der Waals surface area (Å²) in [4.78, 5) is 32.4. The lowest BCUT2D eigenvalue weighted by Crippen LogP contribution is -2.46. The van der Waals surface area contributed by atoms with Crippen molar-refractivity contribution in [1.82, 2.24) is 19.9 Å². The van der Waals surface area contributed by atoms with Crippen LogP contribution < -0.4 is 9.47 Å². The molecule has 0 radical (unpaired) electrons. The zero-order valence-electron chi connectivity index (χ0n) is 23.5. The predicted molar refractivity (Wildman–Crippen MR) is 159 cm³/mol. The molecule has 6 rings (SSSR count). The minimum atomic E-state index is -0.873. The van der Waals surface area contributed by atoms with Crippen molar-refractivity contribution < 1.29 is 14.5 Å². The van der Waals surface area contributed by atoms with Gasteiger partial charge < -0.3 is 15.0 Å². The molecule has 1 unspecified atom stereocenters. The molecule has 1 aliphatic heterocycles. The van der Waals surface area contributed by atoms with Gasteiger partial charge in [0.05, 0.1) is 28.6 Å². The van der Waals surface area contributed by atoms with Crippen LogP contribution in [-0.2, 0) is 24.7 Å². The molecule has 8 heteroatoms. The first-order valence-corrected chi connectivity index (χ1v) is 14.3. The van der Waals surface area contributed by atoms with Crippen LogP contribution in [0.2, 0.25) is 0 Å². The maximum absolute atomic E-state index is 12.7. The Morgan fingerprint density at radius 2 is 1.90 bits per heavy atom. The van der Waals surface area contributed by atoms with Crippen LogP contribution in [0.25, 0.3) is 33.7 Å². The first kappa shape index (κ1) is 26.6. The van der Waals surface area contributed by atoms with E-state index in [2.05, 4.69) is 35.0 Å². The van der Waals surface area contributed by atoms with Crippen molar-refractivity contribution >= 4 is 22.8 Å². The number of benzene rings is 1. The highest BCUT2D eigenvalue weighted by Crippen LogP contribution is 2.35. The lowest BCUT2D eigenvalue weighted by Gasteiger charge is -2.32.